The van der Waals surface area contributed by atoms with Crippen molar-refractivity contribution >= 4 is 37.8 Å². The van der Waals surface area contributed by atoms with E-state index in [-0.39, 0.29) is 24.2 Å². The third-order valence-corrected chi connectivity index (χ3v) is 8.11. The summed E-state index contributed by atoms with van der Waals surface area (Å²) < 4.78 is 42.4. The van der Waals surface area contributed by atoms with E-state index in [0.717, 1.165) is 23.8 Å². The molecule has 2 aromatic carbocycles. The normalized spacial score (nSPS) is 22.2. The van der Waals surface area contributed by atoms with Gasteiger partial charge in [-0.25, -0.2) is 18.6 Å². The number of ether oxygens (including phenoxy) is 2. The van der Waals surface area contributed by atoms with E-state index in [9.17, 15) is 13.7 Å². The fourth-order valence-electron chi connectivity index (χ4n) is 3.93. The Hall–Kier alpha value is -2.82. The Balaban J connectivity index is 1.50. The number of hydrogen-bond acceptors (Lipinski definition) is 8. The molecule has 0 spiro atoms. The molecule has 33 heavy (non-hydrogen) atoms. The number of aliphatic hydroxyl groups excluding tert-OH is 1. The summed E-state index contributed by atoms with van der Waals surface area (Å²) in [5.41, 5.74) is 2.64. The number of anilines is 2. The third-order valence-electron chi connectivity index (χ3n) is 5.82. The van der Waals surface area contributed by atoms with Gasteiger partial charge in [0.05, 0.1) is 39.8 Å². The van der Waals surface area contributed by atoms with E-state index >= 15 is 0 Å². The Morgan fingerprint density at radius 3 is 2.79 bits per heavy atom. The van der Waals surface area contributed by atoms with E-state index in [1.165, 1.54) is 18.5 Å². The van der Waals surface area contributed by atoms with Crippen molar-refractivity contribution in [3.8, 4) is 5.75 Å². The van der Waals surface area contributed by atoms with Gasteiger partial charge in [0.25, 0.3) is 0 Å². The second-order valence-electron chi connectivity index (χ2n) is 8.56. The molecule has 2 fully saturated rings. The molecule has 1 aliphatic heterocycles. The molecule has 1 aliphatic carbocycles. The second-order valence-corrected chi connectivity index (χ2v) is 11.1. The van der Waals surface area contributed by atoms with Crippen molar-refractivity contribution in [2.75, 3.05) is 24.8 Å². The number of fused-ring (bicyclic) bond motifs is 1. The topological polar surface area (TPSA) is 106 Å². The predicted octanol–water partition coefficient (Wildman–Crippen LogP) is 3.85. The van der Waals surface area contributed by atoms with Gasteiger partial charge in [-0.15, -0.1) is 0 Å². The molecule has 1 saturated carbocycles. The predicted molar refractivity (Wildman–Crippen MR) is 124 cm³/mol. The molecule has 2 aliphatic rings. The summed E-state index contributed by atoms with van der Waals surface area (Å²) in [6.45, 7) is 2.32. The molecule has 8 nitrogen and oxygen atoms in total. The number of hydrogen-bond donors (Lipinski definition) is 2. The van der Waals surface area contributed by atoms with Crippen molar-refractivity contribution in [2.24, 2.45) is 4.36 Å². The van der Waals surface area contributed by atoms with E-state index in [4.69, 9.17) is 9.47 Å². The van der Waals surface area contributed by atoms with Crippen LogP contribution in [0.25, 0.3) is 10.9 Å². The van der Waals surface area contributed by atoms with Crippen molar-refractivity contribution in [1.29, 1.82) is 0 Å². The average molecular weight is 473 g/mol. The van der Waals surface area contributed by atoms with E-state index in [2.05, 4.69) is 19.6 Å². The van der Waals surface area contributed by atoms with E-state index in [0.29, 0.717) is 22.7 Å². The van der Waals surface area contributed by atoms with Crippen molar-refractivity contribution in [2.45, 2.75) is 37.2 Å². The number of aromatic nitrogens is 2. The van der Waals surface area contributed by atoms with Gasteiger partial charge in [0.15, 0.2) is 6.10 Å². The van der Waals surface area contributed by atoms with Crippen LogP contribution < -0.4 is 10.1 Å². The van der Waals surface area contributed by atoms with Gasteiger partial charge in [-0.05, 0) is 49.6 Å². The van der Waals surface area contributed by atoms with Crippen LogP contribution in [0.5, 0.6) is 5.75 Å². The first-order chi connectivity index (χ1) is 15.8. The quantitative estimate of drug-likeness (QED) is 0.561. The summed E-state index contributed by atoms with van der Waals surface area (Å²) >= 11 is 0. The molecule has 10 heteroatoms. The number of aliphatic hydroxyl groups is 1. The number of halogens is 1. The van der Waals surface area contributed by atoms with Gasteiger partial charge in [-0.3, -0.25) is 0 Å². The molecule has 1 saturated heterocycles. The van der Waals surface area contributed by atoms with Crippen molar-refractivity contribution in [3.63, 3.8) is 0 Å². The number of benzene rings is 2. The smallest absolute Gasteiger partial charge is 0.150 e. The van der Waals surface area contributed by atoms with Gasteiger partial charge in [0.2, 0.25) is 0 Å². The Morgan fingerprint density at radius 1 is 1.24 bits per heavy atom. The highest BCUT2D eigenvalue weighted by atomic mass is 32.2. The van der Waals surface area contributed by atoms with Crippen LogP contribution in [-0.4, -0.2) is 56.2 Å². The van der Waals surface area contributed by atoms with Crippen molar-refractivity contribution in [1.82, 2.24) is 9.97 Å². The number of nitrogens with one attached hydrogen (secondary N) is 1. The summed E-state index contributed by atoms with van der Waals surface area (Å²) in [7, 11) is -2.28. The van der Waals surface area contributed by atoms with Gasteiger partial charge in [-0.2, -0.15) is 4.36 Å². The molecule has 0 amide bonds. The summed E-state index contributed by atoms with van der Waals surface area (Å²) in [5, 5.41) is 14.2. The van der Waals surface area contributed by atoms with Crippen LogP contribution >= 0.6 is 0 Å². The van der Waals surface area contributed by atoms with Crippen LogP contribution in [0.3, 0.4) is 0 Å². The first kappa shape index (κ1) is 22.0. The fraction of sp³-hybridized carbons (Fsp3) is 0.391. The average Bonchev–Trinajstić information content (AvgIpc) is 3.54. The molecule has 3 atom stereocenters. The Morgan fingerprint density at radius 2 is 2.06 bits per heavy atom. The molecule has 5 rings (SSSR count). The molecule has 0 bridgehead atoms. The highest BCUT2D eigenvalue weighted by molar-refractivity contribution is 7.93. The van der Waals surface area contributed by atoms with Gasteiger partial charge >= 0.3 is 0 Å². The van der Waals surface area contributed by atoms with Gasteiger partial charge in [0, 0.05) is 23.0 Å². The lowest BCUT2D eigenvalue weighted by molar-refractivity contribution is 0.0736. The zero-order valence-corrected chi connectivity index (χ0v) is 19.1. The van der Waals surface area contributed by atoms with Crippen LogP contribution in [-0.2, 0) is 14.5 Å². The first-order valence-electron chi connectivity index (χ1n) is 10.8. The summed E-state index contributed by atoms with van der Waals surface area (Å²) in [5.74, 6) is 0.302. The second kappa shape index (κ2) is 8.51. The monoisotopic (exact) mass is 472 g/mol. The highest BCUT2D eigenvalue weighted by Gasteiger charge is 2.31. The minimum absolute atomic E-state index is 0.164. The molecular formula is C23H25FN4O4S. The first-order valence-corrected chi connectivity index (χ1v) is 12.7. The lowest BCUT2D eigenvalue weighted by atomic mass is 10.1. The maximum absolute atomic E-state index is 14.0. The van der Waals surface area contributed by atoms with E-state index in [1.807, 2.05) is 13.0 Å². The molecule has 2 N–H and O–H groups in total. The standard InChI is InChI=1S/C23H25FN4O4S/c1-13-7-15(28-33(2,30)16-4-5-16)9-18-22(13)23(26-12-25-18)27-17-6-3-14(24)8-20(17)32-21-11-31-10-19(21)29/h3,6-9,12,16,19,21,29H,4-5,10-11H2,1-2H3,(H,25,26,27)/t19-,21-,33?/m0/s1. The van der Waals surface area contributed by atoms with Crippen LogP contribution in [0, 0.1) is 12.7 Å². The summed E-state index contributed by atoms with van der Waals surface area (Å²) in [4.78, 5) is 8.76. The SMILES string of the molecule is Cc1cc(N=S(C)(=O)C2CC2)cc2ncnc(Nc3ccc(F)cc3O[C@H]3COC[C@@H]3O)c12. The van der Waals surface area contributed by atoms with E-state index < -0.39 is 27.8 Å². The van der Waals surface area contributed by atoms with Gasteiger partial charge < -0.3 is 19.9 Å². The maximum atomic E-state index is 14.0. The largest absolute Gasteiger partial charge is 0.483 e. The molecule has 1 aromatic heterocycles. The number of rotatable bonds is 6. The molecule has 0 radical (unpaired) electrons. The van der Waals surface area contributed by atoms with Crippen LogP contribution in [0.1, 0.15) is 18.4 Å². The lowest BCUT2D eigenvalue weighted by Crippen LogP contribution is -2.30. The minimum atomic E-state index is -2.28. The summed E-state index contributed by atoms with van der Waals surface area (Å²) in [6.07, 6.45) is 3.67. The van der Waals surface area contributed by atoms with Crippen LogP contribution in [0.2, 0.25) is 0 Å². The van der Waals surface area contributed by atoms with Crippen molar-refractivity contribution in [3.05, 3.63) is 48.0 Å². The van der Waals surface area contributed by atoms with Crippen molar-refractivity contribution < 1.29 is 23.2 Å². The Kier molecular flexibility index (Phi) is 5.67. The number of nitrogens with zero attached hydrogens (tertiary/aromatic N) is 3. The number of aryl methyl sites for hydroxylation is 1. The molecule has 174 valence electrons. The summed E-state index contributed by atoms with van der Waals surface area (Å²) in [6, 6.07) is 7.81. The Labute approximate surface area is 191 Å². The molecule has 1 unspecified atom stereocenters. The van der Waals surface area contributed by atoms with Gasteiger partial charge in [-0.1, -0.05) is 0 Å². The zero-order chi connectivity index (χ0) is 23.2. The van der Waals surface area contributed by atoms with E-state index in [1.54, 1.807) is 18.4 Å². The molecule has 2 heterocycles. The molecule has 3 aromatic rings. The molecular weight excluding hydrogens is 447 g/mol. The maximum Gasteiger partial charge on any atom is 0.150 e. The third kappa shape index (κ3) is 4.64. The minimum Gasteiger partial charge on any atom is -0.483 e. The lowest BCUT2D eigenvalue weighted by Gasteiger charge is -2.19. The highest BCUT2D eigenvalue weighted by Crippen LogP contribution is 2.36. The zero-order valence-electron chi connectivity index (χ0n) is 18.3. The fourth-order valence-corrected chi connectivity index (χ4v) is 5.62. The van der Waals surface area contributed by atoms with Crippen LogP contribution in [0.4, 0.5) is 21.6 Å². The van der Waals surface area contributed by atoms with Gasteiger partial charge in [0.1, 0.15) is 29.8 Å². The van der Waals surface area contributed by atoms with Crippen LogP contribution in [0.15, 0.2) is 41.0 Å². The Bertz CT molecular complexity index is 1340.